The van der Waals surface area contributed by atoms with Gasteiger partial charge in [-0.3, -0.25) is 4.79 Å². The number of rotatable bonds is 4. The maximum absolute atomic E-state index is 12.2. The van der Waals surface area contributed by atoms with Crippen LogP contribution in [0.4, 0.5) is 5.82 Å². The van der Waals surface area contributed by atoms with Gasteiger partial charge in [0.1, 0.15) is 11.9 Å². The van der Waals surface area contributed by atoms with E-state index in [9.17, 15) is 4.79 Å². The Balaban J connectivity index is 1.93. The molecule has 1 aromatic heterocycles. The number of anilines is 1. The number of hydrogen-bond donors (Lipinski definition) is 0. The average molecular weight is 297 g/mol. The summed E-state index contributed by atoms with van der Waals surface area (Å²) in [6.45, 7) is 4.14. The highest BCUT2D eigenvalue weighted by Gasteiger charge is 2.27. The van der Waals surface area contributed by atoms with Crippen molar-refractivity contribution < 1.29 is 4.79 Å². The highest BCUT2D eigenvalue weighted by Crippen LogP contribution is 2.18. The molecule has 2 rings (SSSR count). The van der Waals surface area contributed by atoms with Crippen molar-refractivity contribution in [3.05, 3.63) is 23.9 Å². The Morgan fingerprint density at radius 2 is 2.23 bits per heavy atom. The Hall–Kier alpha value is -2.60. The zero-order valence-electron chi connectivity index (χ0n) is 12.7. The first-order valence-electron chi connectivity index (χ1n) is 7.43. The zero-order valence-corrected chi connectivity index (χ0v) is 12.7. The van der Waals surface area contributed by atoms with Crippen LogP contribution in [0.15, 0.2) is 18.3 Å². The molecule has 0 aromatic carbocycles. The first kappa shape index (κ1) is 15.8. The van der Waals surface area contributed by atoms with Gasteiger partial charge in [0, 0.05) is 44.7 Å². The molecule has 0 spiro atoms. The van der Waals surface area contributed by atoms with E-state index in [2.05, 4.69) is 22.0 Å². The molecular weight excluding hydrogens is 278 g/mol. The van der Waals surface area contributed by atoms with Crippen LogP contribution < -0.4 is 4.90 Å². The lowest BCUT2D eigenvalue weighted by molar-refractivity contribution is -0.133. The van der Waals surface area contributed by atoms with Crippen molar-refractivity contribution in [3.63, 3.8) is 0 Å². The molecule has 114 valence electrons. The highest BCUT2D eigenvalue weighted by molar-refractivity contribution is 5.76. The standard InChI is InChI=1S/C16H19N5O/c1-13-12-20(15-6-5-14(10-18)11-19-15)8-9-21(13)16(22)4-2-3-7-17/h5-6,11,13H,2-4,8-9,12H2,1H3. The van der Waals surface area contributed by atoms with Crippen LogP contribution in [-0.4, -0.2) is 41.5 Å². The molecule has 1 fully saturated rings. The summed E-state index contributed by atoms with van der Waals surface area (Å²) in [6.07, 6.45) is 3.06. The van der Waals surface area contributed by atoms with Crippen molar-refractivity contribution in [1.29, 1.82) is 10.5 Å². The molecule has 0 bridgehead atoms. The second-order valence-electron chi connectivity index (χ2n) is 5.41. The number of carbonyl (C=O) groups excluding carboxylic acids is 1. The average Bonchev–Trinajstić information content (AvgIpc) is 2.55. The number of hydrogen-bond acceptors (Lipinski definition) is 5. The summed E-state index contributed by atoms with van der Waals surface area (Å²) in [7, 11) is 0. The second kappa shape index (κ2) is 7.42. The van der Waals surface area contributed by atoms with Crippen LogP contribution in [0.5, 0.6) is 0 Å². The van der Waals surface area contributed by atoms with Gasteiger partial charge in [-0.15, -0.1) is 0 Å². The Labute approximate surface area is 130 Å². The van der Waals surface area contributed by atoms with E-state index in [0.717, 1.165) is 18.9 Å². The third kappa shape index (κ3) is 3.73. The molecule has 1 saturated heterocycles. The molecule has 1 aliphatic rings. The molecule has 1 atom stereocenters. The number of piperazine rings is 1. The number of pyridine rings is 1. The fourth-order valence-electron chi connectivity index (χ4n) is 2.64. The molecular formula is C16H19N5O. The maximum atomic E-state index is 12.2. The maximum Gasteiger partial charge on any atom is 0.222 e. The number of carbonyl (C=O) groups is 1. The predicted molar refractivity (Wildman–Crippen MR) is 81.8 cm³/mol. The van der Waals surface area contributed by atoms with Crippen LogP contribution in [0.2, 0.25) is 0 Å². The smallest absolute Gasteiger partial charge is 0.222 e. The van der Waals surface area contributed by atoms with Crippen molar-refractivity contribution in [3.8, 4) is 12.1 Å². The molecule has 1 aliphatic heterocycles. The van der Waals surface area contributed by atoms with Gasteiger partial charge < -0.3 is 9.80 Å². The molecule has 0 radical (unpaired) electrons. The molecule has 1 amide bonds. The van der Waals surface area contributed by atoms with Gasteiger partial charge in [0.25, 0.3) is 0 Å². The molecule has 0 aliphatic carbocycles. The minimum Gasteiger partial charge on any atom is -0.353 e. The van der Waals surface area contributed by atoms with E-state index in [1.165, 1.54) is 0 Å². The highest BCUT2D eigenvalue weighted by atomic mass is 16.2. The summed E-state index contributed by atoms with van der Waals surface area (Å²) in [6, 6.07) is 7.83. The topological polar surface area (TPSA) is 84.0 Å². The number of amides is 1. The second-order valence-corrected chi connectivity index (χ2v) is 5.41. The fraction of sp³-hybridized carbons (Fsp3) is 0.500. The van der Waals surface area contributed by atoms with Crippen molar-refractivity contribution >= 4 is 11.7 Å². The predicted octanol–water partition coefficient (Wildman–Crippen LogP) is 1.68. The minimum absolute atomic E-state index is 0.112. The molecule has 0 N–H and O–H groups in total. The minimum atomic E-state index is 0.112. The Morgan fingerprint density at radius 1 is 1.41 bits per heavy atom. The van der Waals surface area contributed by atoms with Crippen molar-refractivity contribution in [1.82, 2.24) is 9.88 Å². The summed E-state index contributed by atoms with van der Waals surface area (Å²) in [5.41, 5.74) is 0.545. The Bertz CT molecular complexity index is 598. The van der Waals surface area contributed by atoms with Crippen LogP contribution in [0.3, 0.4) is 0 Å². The zero-order chi connectivity index (χ0) is 15.9. The molecule has 2 heterocycles. The Kier molecular flexibility index (Phi) is 5.32. The first-order valence-corrected chi connectivity index (χ1v) is 7.43. The number of nitriles is 2. The van der Waals surface area contributed by atoms with Crippen LogP contribution >= 0.6 is 0 Å². The summed E-state index contributed by atoms with van der Waals surface area (Å²) >= 11 is 0. The van der Waals surface area contributed by atoms with E-state index < -0.39 is 0 Å². The van der Waals surface area contributed by atoms with E-state index in [4.69, 9.17) is 10.5 Å². The largest absolute Gasteiger partial charge is 0.353 e. The van der Waals surface area contributed by atoms with Crippen LogP contribution in [0.1, 0.15) is 31.7 Å². The summed E-state index contributed by atoms with van der Waals surface area (Å²) in [4.78, 5) is 20.5. The molecule has 1 aromatic rings. The van der Waals surface area contributed by atoms with Crippen molar-refractivity contribution in [2.45, 2.75) is 32.2 Å². The Morgan fingerprint density at radius 3 is 2.82 bits per heavy atom. The molecule has 1 unspecified atom stereocenters. The monoisotopic (exact) mass is 297 g/mol. The lowest BCUT2D eigenvalue weighted by Gasteiger charge is -2.40. The van der Waals surface area contributed by atoms with Gasteiger partial charge >= 0.3 is 0 Å². The molecule has 0 saturated carbocycles. The van der Waals surface area contributed by atoms with E-state index in [1.807, 2.05) is 17.9 Å². The van der Waals surface area contributed by atoms with Gasteiger partial charge in [0.05, 0.1) is 11.6 Å². The quantitative estimate of drug-likeness (QED) is 0.789. The fourth-order valence-corrected chi connectivity index (χ4v) is 2.64. The van der Waals surface area contributed by atoms with Gasteiger partial charge in [-0.1, -0.05) is 0 Å². The lowest BCUT2D eigenvalue weighted by Crippen LogP contribution is -2.54. The SMILES string of the molecule is CC1CN(c2ccc(C#N)cn2)CCN1C(=O)CCCC#N. The first-order chi connectivity index (χ1) is 10.7. The third-order valence-corrected chi connectivity index (χ3v) is 3.83. The van der Waals surface area contributed by atoms with Gasteiger partial charge in [-0.2, -0.15) is 10.5 Å². The number of nitrogens with zero attached hydrogens (tertiary/aromatic N) is 5. The van der Waals surface area contributed by atoms with Gasteiger partial charge in [0.15, 0.2) is 0 Å². The van der Waals surface area contributed by atoms with Gasteiger partial charge in [-0.25, -0.2) is 4.98 Å². The summed E-state index contributed by atoms with van der Waals surface area (Å²) < 4.78 is 0. The van der Waals surface area contributed by atoms with E-state index in [-0.39, 0.29) is 11.9 Å². The van der Waals surface area contributed by atoms with Crippen LogP contribution in [-0.2, 0) is 4.79 Å². The van der Waals surface area contributed by atoms with E-state index in [1.54, 1.807) is 12.3 Å². The third-order valence-electron chi connectivity index (χ3n) is 3.83. The van der Waals surface area contributed by atoms with Gasteiger partial charge in [-0.05, 0) is 25.5 Å². The van der Waals surface area contributed by atoms with Crippen molar-refractivity contribution in [2.24, 2.45) is 0 Å². The number of unbranched alkanes of at least 4 members (excludes halogenated alkanes) is 1. The molecule has 6 nitrogen and oxygen atoms in total. The molecule has 6 heteroatoms. The summed E-state index contributed by atoms with van der Waals surface area (Å²) in [5.74, 6) is 0.956. The van der Waals surface area contributed by atoms with Gasteiger partial charge in [0.2, 0.25) is 5.91 Å². The van der Waals surface area contributed by atoms with E-state index in [0.29, 0.717) is 31.4 Å². The summed E-state index contributed by atoms with van der Waals surface area (Å²) in [5, 5.41) is 17.3. The normalized spacial score (nSPS) is 17.7. The molecule has 22 heavy (non-hydrogen) atoms. The number of aromatic nitrogens is 1. The van der Waals surface area contributed by atoms with Crippen molar-refractivity contribution in [2.75, 3.05) is 24.5 Å². The van der Waals surface area contributed by atoms with Crippen LogP contribution in [0, 0.1) is 22.7 Å². The van der Waals surface area contributed by atoms with E-state index >= 15 is 0 Å². The van der Waals surface area contributed by atoms with Crippen LogP contribution in [0.25, 0.3) is 0 Å². The lowest BCUT2D eigenvalue weighted by atomic mass is 10.1.